The summed E-state index contributed by atoms with van der Waals surface area (Å²) in [6.07, 6.45) is 4.79. The van der Waals surface area contributed by atoms with Gasteiger partial charge in [0.05, 0.1) is 17.5 Å². The van der Waals surface area contributed by atoms with Crippen LogP contribution in [0.2, 0.25) is 0 Å². The van der Waals surface area contributed by atoms with E-state index in [-0.39, 0.29) is 11.5 Å². The van der Waals surface area contributed by atoms with Crippen molar-refractivity contribution in [3.8, 4) is 0 Å². The molecule has 1 aliphatic rings. The molecule has 0 bridgehead atoms. The molecule has 20 heavy (non-hydrogen) atoms. The second-order valence-electron chi connectivity index (χ2n) is 5.44. The van der Waals surface area contributed by atoms with Crippen LogP contribution in [-0.2, 0) is 4.74 Å². The summed E-state index contributed by atoms with van der Waals surface area (Å²) in [7, 11) is 0. The molecule has 1 aromatic rings. The highest BCUT2D eigenvalue weighted by atomic mass is 16.5. The molecule has 0 saturated carbocycles. The molecule has 0 spiro atoms. The largest absolute Gasteiger partial charge is 0.384 e. The summed E-state index contributed by atoms with van der Waals surface area (Å²) in [6.45, 7) is 6.36. The SMILES string of the molecule is CCCNc1ccc(C(=O)NCC2(C)CCCO2)nc1. The van der Waals surface area contributed by atoms with Crippen molar-refractivity contribution in [2.75, 3.05) is 25.0 Å². The van der Waals surface area contributed by atoms with Crippen LogP contribution in [0.1, 0.15) is 43.6 Å². The van der Waals surface area contributed by atoms with Gasteiger partial charge in [-0.05, 0) is 38.3 Å². The lowest BCUT2D eigenvalue weighted by atomic mass is 10.0. The molecule has 0 radical (unpaired) electrons. The van der Waals surface area contributed by atoms with E-state index in [1.54, 1.807) is 12.3 Å². The van der Waals surface area contributed by atoms with E-state index < -0.39 is 0 Å². The van der Waals surface area contributed by atoms with Gasteiger partial charge in [0.2, 0.25) is 0 Å². The molecule has 0 aromatic carbocycles. The highest BCUT2D eigenvalue weighted by molar-refractivity contribution is 5.92. The van der Waals surface area contributed by atoms with Crippen molar-refractivity contribution < 1.29 is 9.53 Å². The van der Waals surface area contributed by atoms with Gasteiger partial charge in [0.15, 0.2) is 0 Å². The molecule has 2 heterocycles. The quantitative estimate of drug-likeness (QED) is 0.836. The van der Waals surface area contributed by atoms with E-state index in [1.807, 2.05) is 13.0 Å². The summed E-state index contributed by atoms with van der Waals surface area (Å²) in [4.78, 5) is 16.2. The summed E-state index contributed by atoms with van der Waals surface area (Å²) >= 11 is 0. The van der Waals surface area contributed by atoms with Gasteiger partial charge in [-0.1, -0.05) is 6.92 Å². The van der Waals surface area contributed by atoms with Crippen LogP contribution in [0.3, 0.4) is 0 Å². The zero-order valence-electron chi connectivity index (χ0n) is 12.2. The predicted octanol–water partition coefficient (Wildman–Crippen LogP) is 2.20. The third kappa shape index (κ3) is 3.93. The number of amides is 1. The van der Waals surface area contributed by atoms with E-state index in [2.05, 4.69) is 22.5 Å². The monoisotopic (exact) mass is 277 g/mol. The van der Waals surface area contributed by atoms with Crippen LogP contribution in [0.5, 0.6) is 0 Å². The number of anilines is 1. The van der Waals surface area contributed by atoms with Gasteiger partial charge < -0.3 is 15.4 Å². The van der Waals surface area contributed by atoms with E-state index in [9.17, 15) is 4.79 Å². The summed E-state index contributed by atoms with van der Waals surface area (Å²) in [5.41, 5.74) is 1.15. The van der Waals surface area contributed by atoms with E-state index >= 15 is 0 Å². The van der Waals surface area contributed by atoms with Gasteiger partial charge in [-0.2, -0.15) is 0 Å². The molecule has 2 N–H and O–H groups in total. The Bertz CT molecular complexity index is 439. The number of aromatic nitrogens is 1. The second kappa shape index (κ2) is 6.70. The van der Waals surface area contributed by atoms with E-state index in [0.717, 1.165) is 38.1 Å². The van der Waals surface area contributed by atoms with Crippen molar-refractivity contribution in [1.29, 1.82) is 0 Å². The topological polar surface area (TPSA) is 63.2 Å². The highest BCUT2D eigenvalue weighted by Gasteiger charge is 2.30. The third-order valence-electron chi connectivity index (χ3n) is 3.50. The molecular weight excluding hydrogens is 254 g/mol. The molecule has 1 amide bonds. The normalized spacial score (nSPS) is 21.7. The Morgan fingerprint density at radius 2 is 2.35 bits per heavy atom. The number of nitrogens with zero attached hydrogens (tertiary/aromatic N) is 1. The molecular formula is C15H23N3O2. The first-order valence-electron chi connectivity index (χ1n) is 7.25. The highest BCUT2D eigenvalue weighted by Crippen LogP contribution is 2.23. The molecule has 1 saturated heterocycles. The summed E-state index contributed by atoms with van der Waals surface area (Å²) in [6, 6.07) is 3.62. The number of carbonyl (C=O) groups excluding carboxylic acids is 1. The number of carbonyl (C=O) groups is 1. The van der Waals surface area contributed by atoms with Crippen molar-refractivity contribution in [1.82, 2.24) is 10.3 Å². The molecule has 1 aromatic heterocycles. The van der Waals surface area contributed by atoms with Crippen molar-refractivity contribution in [2.24, 2.45) is 0 Å². The fourth-order valence-electron chi connectivity index (χ4n) is 2.24. The standard InChI is InChI=1S/C15H23N3O2/c1-3-8-16-12-5-6-13(17-10-12)14(19)18-11-15(2)7-4-9-20-15/h5-6,10,16H,3-4,7-9,11H2,1-2H3,(H,18,19). The first-order valence-corrected chi connectivity index (χ1v) is 7.25. The molecule has 110 valence electrons. The number of ether oxygens (including phenoxy) is 1. The molecule has 0 aliphatic carbocycles. The van der Waals surface area contributed by atoms with Crippen molar-refractivity contribution in [2.45, 2.75) is 38.7 Å². The molecule has 1 unspecified atom stereocenters. The first-order chi connectivity index (χ1) is 9.63. The average molecular weight is 277 g/mol. The average Bonchev–Trinajstić information content (AvgIpc) is 2.90. The minimum Gasteiger partial charge on any atom is -0.384 e. The Kier molecular flexibility index (Phi) is 4.95. The molecule has 1 atom stereocenters. The van der Waals surface area contributed by atoms with Gasteiger partial charge in [-0.25, -0.2) is 4.98 Å². The Balaban J connectivity index is 1.85. The Labute approximate surface area is 120 Å². The molecule has 1 aliphatic heterocycles. The zero-order chi connectivity index (χ0) is 14.4. The van der Waals surface area contributed by atoms with Gasteiger partial charge in [0, 0.05) is 19.7 Å². The van der Waals surface area contributed by atoms with Crippen LogP contribution in [0.25, 0.3) is 0 Å². The fraction of sp³-hybridized carbons (Fsp3) is 0.600. The van der Waals surface area contributed by atoms with Gasteiger partial charge >= 0.3 is 0 Å². The Morgan fingerprint density at radius 3 is 2.95 bits per heavy atom. The van der Waals surface area contributed by atoms with Gasteiger partial charge in [0.25, 0.3) is 5.91 Å². The lowest BCUT2D eigenvalue weighted by Gasteiger charge is -2.23. The van der Waals surface area contributed by atoms with Crippen molar-refractivity contribution >= 4 is 11.6 Å². The summed E-state index contributed by atoms with van der Waals surface area (Å²) < 4.78 is 5.64. The van der Waals surface area contributed by atoms with Crippen LogP contribution in [0.4, 0.5) is 5.69 Å². The zero-order valence-corrected chi connectivity index (χ0v) is 12.2. The van der Waals surface area contributed by atoms with Gasteiger partial charge in [0.1, 0.15) is 5.69 Å². The maximum Gasteiger partial charge on any atom is 0.269 e. The van der Waals surface area contributed by atoms with E-state index in [4.69, 9.17) is 4.74 Å². The molecule has 5 heteroatoms. The Hall–Kier alpha value is -1.62. The summed E-state index contributed by atoms with van der Waals surface area (Å²) in [5.74, 6) is -0.149. The summed E-state index contributed by atoms with van der Waals surface area (Å²) in [5, 5.41) is 6.13. The maximum atomic E-state index is 12.0. The Morgan fingerprint density at radius 1 is 1.50 bits per heavy atom. The maximum absolute atomic E-state index is 12.0. The number of hydrogen-bond donors (Lipinski definition) is 2. The molecule has 1 fully saturated rings. The molecule has 5 nitrogen and oxygen atoms in total. The van der Waals surface area contributed by atoms with Crippen molar-refractivity contribution in [3.05, 3.63) is 24.0 Å². The number of nitrogens with one attached hydrogen (secondary N) is 2. The van der Waals surface area contributed by atoms with Crippen LogP contribution in [0.15, 0.2) is 18.3 Å². The third-order valence-corrected chi connectivity index (χ3v) is 3.50. The van der Waals surface area contributed by atoms with Crippen LogP contribution >= 0.6 is 0 Å². The minimum atomic E-state index is -0.224. The smallest absolute Gasteiger partial charge is 0.269 e. The predicted molar refractivity (Wildman–Crippen MR) is 78.9 cm³/mol. The lowest BCUT2D eigenvalue weighted by Crippen LogP contribution is -2.40. The van der Waals surface area contributed by atoms with Crippen molar-refractivity contribution in [3.63, 3.8) is 0 Å². The number of hydrogen-bond acceptors (Lipinski definition) is 4. The van der Waals surface area contributed by atoms with Crippen LogP contribution < -0.4 is 10.6 Å². The number of rotatable bonds is 6. The van der Waals surface area contributed by atoms with E-state index in [1.165, 1.54) is 0 Å². The fourth-order valence-corrected chi connectivity index (χ4v) is 2.24. The van der Waals surface area contributed by atoms with Crippen LogP contribution in [0, 0.1) is 0 Å². The van der Waals surface area contributed by atoms with Gasteiger partial charge in [-0.3, -0.25) is 4.79 Å². The second-order valence-corrected chi connectivity index (χ2v) is 5.44. The van der Waals surface area contributed by atoms with Gasteiger partial charge in [-0.15, -0.1) is 0 Å². The van der Waals surface area contributed by atoms with Crippen LogP contribution in [-0.4, -0.2) is 36.2 Å². The first kappa shape index (κ1) is 14.8. The lowest BCUT2D eigenvalue weighted by molar-refractivity contribution is 0.0205. The molecule has 2 rings (SSSR count). The van der Waals surface area contributed by atoms with E-state index in [0.29, 0.717) is 12.2 Å². The number of pyridine rings is 1. The minimum absolute atomic E-state index is 0.149.